The van der Waals surface area contributed by atoms with Crippen LogP contribution in [0.25, 0.3) is 0 Å². The van der Waals surface area contributed by atoms with E-state index in [0.717, 1.165) is 6.26 Å². The Kier molecular flexibility index (Phi) is 3.10. The summed E-state index contributed by atoms with van der Waals surface area (Å²) in [5.41, 5.74) is 0.355. The Bertz CT molecular complexity index is 419. The maximum Gasteiger partial charge on any atom is 0.223 e. The van der Waals surface area contributed by atoms with Crippen LogP contribution in [-0.2, 0) is 15.6 Å². The van der Waals surface area contributed by atoms with Crippen LogP contribution in [0, 0.1) is 0 Å². The number of halogens is 2. The van der Waals surface area contributed by atoms with E-state index in [1.54, 1.807) is 0 Å². The van der Waals surface area contributed by atoms with Crippen molar-refractivity contribution in [1.82, 2.24) is 9.97 Å². The summed E-state index contributed by atoms with van der Waals surface area (Å²) >= 11 is 11.1. The van der Waals surface area contributed by atoms with Gasteiger partial charge in [-0.3, -0.25) is 0 Å². The van der Waals surface area contributed by atoms with Gasteiger partial charge >= 0.3 is 0 Å². The quantitative estimate of drug-likeness (QED) is 0.578. The first-order valence-corrected chi connectivity index (χ1v) is 6.05. The van der Waals surface area contributed by atoms with Crippen molar-refractivity contribution >= 4 is 33.0 Å². The molecule has 0 radical (unpaired) electrons. The molecule has 0 aliphatic carbocycles. The number of hydrogen-bond acceptors (Lipinski definition) is 4. The monoisotopic (exact) mass is 240 g/mol. The maximum absolute atomic E-state index is 10.9. The molecule has 0 aliphatic heterocycles. The van der Waals surface area contributed by atoms with E-state index in [1.807, 2.05) is 0 Å². The highest BCUT2D eigenvalue weighted by Gasteiger charge is 2.10. The van der Waals surface area contributed by atoms with Crippen molar-refractivity contribution in [2.75, 3.05) is 6.26 Å². The zero-order valence-corrected chi connectivity index (χ0v) is 8.99. The van der Waals surface area contributed by atoms with E-state index in [2.05, 4.69) is 9.97 Å². The van der Waals surface area contributed by atoms with E-state index in [1.165, 1.54) is 6.20 Å². The average molecular weight is 241 g/mol. The van der Waals surface area contributed by atoms with Gasteiger partial charge < -0.3 is 0 Å². The van der Waals surface area contributed by atoms with Crippen LogP contribution in [0.5, 0.6) is 0 Å². The molecule has 0 unspecified atom stereocenters. The van der Waals surface area contributed by atoms with Crippen molar-refractivity contribution in [1.29, 1.82) is 0 Å². The third-order valence-corrected chi connectivity index (χ3v) is 2.54. The summed E-state index contributed by atoms with van der Waals surface area (Å²) in [5.74, 6) is -0.178. The van der Waals surface area contributed by atoms with Crippen LogP contribution in [-0.4, -0.2) is 24.6 Å². The highest BCUT2D eigenvalue weighted by molar-refractivity contribution is 7.89. The predicted octanol–water partition coefficient (Wildman–Crippen LogP) is 1.33. The zero-order chi connectivity index (χ0) is 10.1. The fourth-order valence-electron chi connectivity index (χ4n) is 0.745. The molecule has 0 amide bonds. The third kappa shape index (κ3) is 3.46. The summed E-state index contributed by atoms with van der Waals surface area (Å²) in [6.45, 7) is 0. The van der Waals surface area contributed by atoms with Crippen LogP contribution >= 0.6 is 23.2 Å². The van der Waals surface area contributed by atoms with E-state index in [-0.39, 0.29) is 16.2 Å². The number of hydrogen-bond donors (Lipinski definition) is 0. The van der Waals surface area contributed by atoms with E-state index in [0.29, 0.717) is 5.56 Å². The Morgan fingerprint density at radius 1 is 1.46 bits per heavy atom. The summed E-state index contributed by atoms with van der Waals surface area (Å²) in [5, 5.41) is 0.0766. The summed E-state index contributed by atoms with van der Waals surface area (Å²) in [7, 11) is -3.12. The van der Waals surface area contributed by atoms with Crippen LogP contribution in [0.15, 0.2) is 6.20 Å². The minimum Gasteiger partial charge on any atom is -0.229 e. The number of sulfone groups is 1. The molecule has 0 fully saturated rings. The molecule has 0 bridgehead atoms. The van der Waals surface area contributed by atoms with Crippen molar-refractivity contribution < 1.29 is 8.42 Å². The smallest absolute Gasteiger partial charge is 0.223 e. The van der Waals surface area contributed by atoms with Crippen LogP contribution in [0.4, 0.5) is 0 Å². The van der Waals surface area contributed by atoms with Crippen LogP contribution in [0.3, 0.4) is 0 Å². The fourth-order valence-corrected chi connectivity index (χ4v) is 1.97. The summed E-state index contributed by atoms with van der Waals surface area (Å²) < 4.78 is 21.8. The standard InChI is InChI=1S/C6H6Cl2N2O2S/c1-13(11,12)3-4-2-9-6(8)10-5(4)7/h2H,3H2,1H3. The Hall–Kier alpha value is -0.390. The van der Waals surface area contributed by atoms with E-state index < -0.39 is 9.84 Å². The SMILES string of the molecule is CS(=O)(=O)Cc1cnc(Cl)nc1Cl. The largest absolute Gasteiger partial charge is 0.229 e. The Morgan fingerprint density at radius 3 is 2.54 bits per heavy atom. The molecule has 1 aromatic heterocycles. The van der Waals surface area contributed by atoms with E-state index in [4.69, 9.17) is 23.2 Å². The van der Waals surface area contributed by atoms with Crippen LogP contribution in [0.2, 0.25) is 10.4 Å². The molecule has 0 atom stereocenters. The van der Waals surface area contributed by atoms with E-state index >= 15 is 0 Å². The fraction of sp³-hybridized carbons (Fsp3) is 0.333. The van der Waals surface area contributed by atoms with Crippen LogP contribution < -0.4 is 0 Å². The van der Waals surface area contributed by atoms with Gasteiger partial charge in [-0.25, -0.2) is 18.4 Å². The molecule has 72 valence electrons. The lowest BCUT2D eigenvalue weighted by Crippen LogP contribution is -2.02. The van der Waals surface area contributed by atoms with Crippen molar-refractivity contribution in [2.45, 2.75) is 5.75 Å². The van der Waals surface area contributed by atoms with Gasteiger partial charge in [0.1, 0.15) is 5.15 Å². The van der Waals surface area contributed by atoms with Crippen molar-refractivity contribution in [3.63, 3.8) is 0 Å². The normalized spacial score (nSPS) is 11.6. The van der Waals surface area contributed by atoms with Gasteiger partial charge in [-0.2, -0.15) is 0 Å². The molecule has 4 nitrogen and oxygen atoms in total. The summed E-state index contributed by atoms with van der Waals surface area (Å²) in [6.07, 6.45) is 2.41. The Morgan fingerprint density at radius 2 is 2.08 bits per heavy atom. The van der Waals surface area contributed by atoms with Gasteiger partial charge in [0.05, 0.1) is 5.75 Å². The molecule has 1 heterocycles. The topological polar surface area (TPSA) is 59.9 Å². The lowest BCUT2D eigenvalue weighted by atomic mass is 10.4. The van der Waals surface area contributed by atoms with Gasteiger partial charge in [-0.1, -0.05) is 11.6 Å². The van der Waals surface area contributed by atoms with Gasteiger partial charge in [0, 0.05) is 18.0 Å². The minimum absolute atomic E-state index is 0.00208. The van der Waals surface area contributed by atoms with Gasteiger partial charge in [-0.15, -0.1) is 0 Å². The first kappa shape index (κ1) is 10.7. The van der Waals surface area contributed by atoms with Gasteiger partial charge in [0.2, 0.25) is 5.28 Å². The second kappa shape index (κ2) is 3.77. The molecule has 0 aliphatic rings. The number of rotatable bonds is 2. The van der Waals surface area contributed by atoms with Gasteiger partial charge in [-0.05, 0) is 11.6 Å². The summed E-state index contributed by atoms with van der Waals surface area (Å²) in [4.78, 5) is 7.24. The minimum atomic E-state index is -3.12. The predicted molar refractivity (Wildman–Crippen MR) is 50.6 cm³/mol. The zero-order valence-electron chi connectivity index (χ0n) is 6.66. The molecular formula is C6H6Cl2N2O2S. The van der Waals surface area contributed by atoms with E-state index in [9.17, 15) is 8.42 Å². The molecule has 0 N–H and O–H groups in total. The second-order valence-corrected chi connectivity index (χ2v) is 5.36. The molecule has 1 rings (SSSR count). The summed E-state index contributed by atoms with van der Waals surface area (Å²) in [6, 6.07) is 0. The lowest BCUT2D eigenvalue weighted by Gasteiger charge is -2.00. The molecule has 0 spiro atoms. The molecule has 0 saturated carbocycles. The van der Waals surface area contributed by atoms with Gasteiger partial charge in [0.25, 0.3) is 0 Å². The Labute approximate surface area is 85.8 Å². The molecular weight excluding hydrogens is 235 g/mol. The van der Waals surface area contributed by atoms with Crippen molar-refractivity contribution in [3.8, 4) is 0 Å². The highest BCUT2D eigenvalue weighted by Crippen LogP contribution is 2.16. The number of aromatic nitrogens is 2. The second-order valence-electron chi connectivity index (χ2n) is 2.53. The average Bonchev–Trinajstić information content (AvgIpc) is 1.93. The molecule has 7 heteroatoms. The van der Waals surface area contributed by atoms with Crippen molar-refractivity contribution in [2.24, 2.45) is 0 Å². The molecule has 1 aromatic rings. The first-order valence-electron chi connectivity index (χ1n) is 3.23. The van der Waals surface area contributed by atoms with Crippen molar-refractivity contribution in [3.05, 3.63) is 22.2 Å². The first-order chi connectivity index (χ1) is 5.88. The van der Waals surface area contributed by atoms with Crippen LogP contribution in [0.1, 0.15) is 5.56 Å². The maximum atomic E-state index is 10.9. The molecule has 0 aromatic carbocycles. The highest BCUT2D eigenvalue weighted by atomic mass is 35.5. The number of nitrogens with zero attached hydrogens (tertiary/aromatic N) is 2. The third-order valence-electron chi connectivity index (χ3n) is 1.20. The molecule has 0 saturated heterocycles. The Balaban J connectivity index is 3.04. The van der Waals surface area contributed by atoms with Gasteiger partial charge in [0.15, 0.2) is 9.84 Å². The lowest BCUT2D eigenvalue weighted by molar-refractivity contribution is 0.601. The molecule has 13 heavy (non-hydrogen) atoms.